The van der Waals surface area contributed by atoms with E-state index in [-0.39, 0.29) is 10.9 Å². The Kier molecular flexibility index (Phi) is 6.54. The van der Waals surface area contributed by atoms with Gasteiger partial charge in [-0.1, -0.05) is 72.8 Å². The lowest BCUT2D eigenvalue weighted by Crippen LogP contribution is -2.54. The lowest BCUT2D eigenvalue weighted by atomic mass is 9.85. The lowest BCUT2D eigenvalue weighted by Gasteiger charge is -2.28. The second kappa shape index (κ2) is 9.27. The first-order chi connectivity index (χ1) is 14.0. The molecule has 3 aromatic rings. The summed E-state index contributed by atoms with van der Waals surface area (Å²) < 4.78 is 13.0. The molecular formula is C22H20FN3O2S. The molecule has 0 radical (unpaired) electrons. The normalized spacial score (nSPS) is 10.8. The first-order valence-electron chi connectivity index (χ1n) is 8.92. The van der Waals surface area contributed by atoms with Crippen molar-refractivity contribution in [3.63, 3.8) is 0 Å². The van der Waals surface area contributed by atoms with Crippen molar-refractivity contribution in [3.8, 4) is 0 Å². The molecule has 0 heterocycles. The van der Waals surface area contributed by atoms with Crippen LogP contribution < -0.4 is 16.2 Å². The maximum Gasteiger partial charge on any atom is 0.279 e. The molecule has 148 valence electrons. The highest BCUT2D eigenvalue weighted by Gasteiger charge is 2.40. The minimum Gasteiger partial charge on any atom is -0.372 e. The van der Waals surface area contributed by atoms with Gasteiger partial charge in [-0.25, -0.2) is 4.39 Å². The van der Waals surface area contributed by atoms with Crippen LogP contribution in [-0.2, 0) is 16.9 Å². The van der Waals surface area contributed by atoms with Gasteiger partial charge in [0.2, 0.25) is 0 Å². The highest BCUT2D eigenvalue weighted by Crippen LogP contribution is 2.29. The summed E-state index contributed by atoms with van der Waals surface area (Å²) in [4.78, 5) is 12.9. The van der Waals surface area contributed by atoms with Gasteiger partial charge in [0, 0.05) is 6.54 Å². The predicted molar refractivity (Wildman–Crippen MR) is 113 cm³/mol. The average Bonchev–Trinajstić information content (AvgIpc) is 2.77. The van der Waals surface area contributed by atoms with Gasteiger partial charge in [-0.3, -0.25) is 15.6 Å². The molecule has 0 aliphatic carbocycles. The molecular weight excluding hydrogens is 389 g/mol. The van der Waals surface area contributed by atoms with Crippen molar-refractivity contribution in [1.29, 1.82) is 0 Å². The minimum absolute atomic E-state index is 0.158. The summed E-state index contributed by atoms with van der Waals surface area (Å²) >= 11 is 5.16. The van der Waals surface area contributed by atoms with E-state index in [1.54, 1.807) is 72.8 Å². The molecule has 0 saturated carbocycles. The summed E-state index contributed by atoms with van der Waals surface area (Å²) in [5.74, 6) is -0.997. The number of nitrogens with one attached hydrogen (secondary N) is 3. The van der Waals surface area contributed by atoms with E-state index in [1.807, 2.05) is 0 Å². The molecule has 3 rings (SSSR count). The maximum absolute atomic E-state index is 13.0. The number of hydrogen-bond acceptors (Lipinski definition) is 3. The second-order valence-corrected chi connectivity index (χ2v) is 6.74. The number of carbonyl (C=O) groups excluding carboxylic acids is 1. The van der Waals surface area contributed by atoms with Gasteiger partial charge in [-0.05, 0) is 41.0 Å². The Morgan fingerprint density at radius 3 is 1.90 bits per heavy atom. The van der Waals surface area contributed by atoms with Crippen LogP contribution in [0.4, 0.5) is 4.39 Å². The molecule has 0 bridgehead atoms. The molecule has 0 atom stereocenters. The van der Waals surface area contributed by atoms with Gasteiger partial charge < -0.3 is 10.4 Å². The fourth-order valence-corrected chi connectivity index (χ4v) is 2.94. The van der Waals surface area contributed by atoms with Crippen molar-refractivity contribution in [2.45, 2.75) is 12.1 Å². The smallest absolute Gasteiger partial charge is 0.279 e. The van der Waals surface area contributed by atoms with Crippen molar-refractivity contribution >= 4 is 23.2 Å². The molecule has 0 unspecified atom stereocenters. The summed E-state index contributed by atoms with van der Waals surface area (Å²) in [7, 11) is 0. The molecule has 0 aliphatic rings. The molecule has 0 aliphatic heterocycles. The number of halogens is 1. The zero-order valence-corrected chi connectivity index (χ0v) is 16.2. The summed E-state index contributed by atoms with van der Waals surface area (Å²) in [5, 5.41) is 14.4. The van der Waals surface area contributed by atoms with Gasteiger partial charge in [0.1, 0.15) is 5.82 Å². The average molecular weight is 409 g/mol. The fourth-order valence-electron chi connectivity index (χ4n) is 2.82. The third kappa shape index (κ3) is 4.96. The van der Waals surface area contributed by atoms with Crippen LogP contribution in [0, 0.1) is 5.82 Å². The van der Waals surface area contributed by atoms with Crippen LogP contribution in [0.15, 0.2) is 84.9 Å². The Morgan fingerprint density at radius 1 is 0.862 bits per heavy atom. The molecule has 0 spiro atoms. The van der Waals surface area contributed by atoms with E-state index < -0.39 is 11.5 Å². The Balaban J connectivity index is 1.67. The molecule has 0 saturated heterocycles. The van der Waals surface area contributed by atoms with Crippen LogP contribution in [0.5, 0.6) is 0 Å². The SMILES string of the molecule is O=C(NNC(=S)NCc1ccc(F)cc1)C(O)(c1ccccc1)c1ccccc1. The lowest BCUT2D eigenvalue weighted by molar-refractivity contribution is -0.137. The van der Waals surface area contributed by atoms with Crippen molar-refractivity contribution in [3.05, 3.63) is 107 Å². The molecule has 0 fully saturated rings. The summed E-state index contributed by atoms with van der Waals surface area (Å²) in [6, 6.07) is 23.3. The van der Waals surface area contributed by atoms with Gasteiger partial charge in [-0.2, -0.15) is 0 Å². The van der Waals surface area contributed by atoms with Crippen molar-refractivity contribution in [1.82, 2.24) is 16.2 Å². The highest BCUT2D eigenvalue weighted by atomic mass is 32.1. The van der Waals surface area contributed by atoms with Crippen LogP contribution in [0.1, 0.15) is 16.7 Å². The van der Waals surface area contributed by atoms with E-state index in [0.29, 0.717) is 17.7 Å². The number of rotatable bonds is 5. The van der Waals surface area contributed by atoms with Crippen molar-refractivity contribution in [2.75, 3.05) is 0 Å². The first-order valence-corrected chi connectivity index (χ1v) is 9.33. The Morgan fingerprint density at radius 2 is 1.38 bits per heavy atom. The Labute approximate surface area is 173 Å². The quantitative estimate of drug-likeness (QED) is 0.385. The maximum atomic E-state index is 13.0. The van der Waals surface area contributed by atoms with Gasteiger partial charge in [0.25, 0.3) is 5.91 Å². The fraction of sp³-hybridized carbons (Fsp3) is 0.0909. The van der Waals surface area contributed by atoms with Crippen molar-refractivity contribution in [2.24, 2.45) is 0 Å². The van der Waals surface area contributed by atoms with E-state index >= 15 is 0 Å². The van der Waals surface area contributed by atoms with E-state index in [0.717, 1.165) is 5.56 Å². The van der Waals surface area contributed by atoms with Gasteiger partial charge >= 0.3 is 0 Å². The predicted octanol–water partition coefficient (Wildman–Crippen LogP) is 2.76. The Bertz CT molecular complexity index is 927. The van der Waals surface area contributed by atoms with E-state index in [2.05, 4.69) is 16.2 Å². The second-order valence-electron chi connectivity index (χ2n) is 6.33. The molecule has 3 aromatic carbocycles. The zero-order valence-electron chi connectivity index (χ0n) is 15.4. The number of amides is 1. The number of hydrogen-bond donors (Lipinski definition) is 4. The number of hydrazine groups is 1. The largest absolute Gasteiger partial charge is 0.372 e. The number of thiocarbonyl (C=S) groups is 1. The summed E-state index contributed by atoms with van der Waals surface area (Å²) in [6.07, 6.45) is 0. The molecule has 0 aromatic heterocycles. The van der Waals surface area contributed by atoms with E-state index in [1.165, 1.54) is 12.1 Å². The van der Waals surface area contributed by atoms with Crippen molar-refractivity contribution < 1.29 is 14.3 Å². The monoisotopic (exact) mass is 409 g/mol. The summed E-state index contributed by atoms with van der Waals surface area (Å²) in [5.41, 5.74) is 4.84. The Hall–Kier alpha value is -3.29. The van der Waals surface area contributed by atoms with Gasteiger partial charge in [0.05, 0.1) is 0 Å². The first kappa shape index (κ1) is 20.4. The third-order valence-corrected chi connectivity index (χ3v) is 4.61. The van der Waals surface area contributed by atoms with E-state index in [9.17, 15) is 14.3 Å². The van der Waals surface area contributed by atoms with Gasteiger partial charge in [-0.15, -0.1) is 0 Å². The van der Waals surface area contributed by atoms with Crippen LogP contribution in [-0.4, -0.2) is 16.1 Å². The van der Waals surface area contributed by atoms with Crippen LogP contribution >= 0.6 is 12.2 Å². The molecule has 7 heteroatoms. The molecule has 4 N–H and O–H groups in total. The van der Waals surface area contributed by atoms with E-state index in [4.69, 9.17) is 12.2 Å². The molecule has 1 amide bonds. The highest BCUT2D eigenvalue weighted by molar-refractivity contribution is 7.80. The number of aliphatic hydroxyl groups is 1. The topological polar surface area (TPSA) is 73.4 Å². The standard InChI is InChI=1S/C22H20FN3O2S/c23-19-13-11-16(12-14-19)15-24-21(29)26-25-20(27)22(28,17-7-3-1-4-8-17)18-9-5-2-6-10-18/h1-14,28H,15H2,(H,25,27)(H2,24,26,29). The molecule has 5 nitrogen and oxygen atoms in total. The minimum atomic E-state index is -1.90. The number of carbonyl (C=O) groups is 1. The summed E-state index contributed by atoms with van der Waals surface area (Å²) in [6.45, 7) is 0.351. The van der Waals surface area contributed by atoms with Crippen LogP contribution in [0.25, 0.3) is 0 Å². The number of benzene rings is 3. The zero-order chi connectivity index (χ0) is 20.7. The van der Waals surface area contributed by atoms with Crippen LogP contribution in [0.3, 0.4) is 0 Å². The van der Waals surface area contributed by atoms with Gasteiger partial charge in [0.15, 0.2) is 10.7 Å². The third-order valence-electron chi connectivity index (χ3n) is 4.37. The van der Waals surface area contributed by atoms with Crippen LogP contribution in [0.2, 0.25) is 0 Å². The molecule has 29 heavy (non-hydrogen) atoms.